The molecule has 4 aromatic rings. The van der Waals surface area contributed by atoms with Crippen molar-refractivity contribution in [2.24, 2.45) is 7.05 Å². The lowest BCUT2D eigenvalue weighted by atomic mass is 9.77. The zero-order valence-corrected chi connectivity index (χ0v) is 17.7. The summed E-state index contributed by atoms with van der Waals surface area (Å²) < 4.78 is 8.75. The molecule has 0 radical (unpaired) electrons. The first kappa shape index (κ1) is 17.8. The zero-order valence-electron chi connectivity index (χ0n) is 17.7. The second-order valence-electron chi connectivity index (χ2n) is 9.02. The molecule has 3 heteroatoms. The fourth-order valence-electron chi connectivity index (χ4n) is 5.63. The molecule has 30 heavy (non-hydrogen) atoms. The minimum Gasteiger partial charge on any atom is -0.349 e. The van der Waals surface area contributed by atoms with Crippen molar-refractivity contribution in [1.82, 2.24) is 4.57 Å². The van der Waals surface area contributed by atoms with Gasteiger partial charge in [-0.3, -0.25) is 0 Å². The molecule has 2 aliphatic heterocycles. The van der Waals surface area contributed by atoms with E-state index in [1.165, 1.54) is 38.6 Å². The second-order valence-corrected chi connectivity index (χ2v) is 9.02. The van der Waals surface area contributed by atoms with Crippen molar-refractivity contribution < 1.29 is 4.74 Å². The molecule has 0 bridgehead atoms. The largest absolute Gasteiger partial charge is 0.349 e. The average molecular weight is 395 g/mol. The van der Waals surface area contributed by atoms with Gasteiger partial charge in [0.2, 0.25) is 0 Å². The minimum atomic E-state index is -0.440. The van der Waals surface area contributed by atoms with Crippen LogP contribution in [-0.2, 0) is 17.2 Å². The molecule has 1 aromatic heterocycles. The Kier molecular flexibility index (Phi) is 3.55. The Labute approximate surface area is 177 Å². The van der Waals surface area contributed by atoms with Crippen LogP contribution in [0, 0.1) is 0 Å². The van der Waals surface area contributed by atoms with Gasteiger partial charge < -0.3 is 14.2 Å². The first-order chi connectivity index (χ1) is 14.5. The Hall–Kier alpha value is -3.04. The Balaban J connectivity index is 1.47. The van der Waals surface area contributed by atoms with Gasteiger partial charge in [0.05, 0.1) is 6.61 Å². The summed E-state index contributed by atoms with van der Waals surface area (Å²) in [6, 6.07) is 24.1. The number of hydrogen-bond donors (Lipinski definition) is 0. The number of hydrogen-bond acceptors (Lipinski definition) is 2. The molecule has 6 rings (SSSR count). The van der Waals surface area contributed by atoms with Crippen molar-refractivity contribution >= 4 is 33.6 Å². The summed E-state index contributed by atoms with van der Waals surface area (Å²) in [5.74, 6) is 0. The molecule has 3 nitrogen and oxygen atoms in total. The first-order valence-electron chi connectivity index (χ1n) is 10.7. The maximum atomic E-state index is 6.48. The van der Waals surface area contributed by atoms with Gasteiger partial charge in [0.1, 0.15) is 0 Å². The van der Waals surface area contributed by atoms with E-state index in [4.69, 9.17) is 4.74 Å². The van der Waals surface area contributed by atoms with Gasteiger partial charge in [-0.1, -0.05) is 62.4 Å². The summed E-state index contributed by atoms with van der Waals surface area (Å²) in [7, 11) is 2.14. The van der Waals surface area contributed by atoms with Gasteiger partial charge in [-0.15, -0.1) is 0 Å². The number of aryl methyl sites for hydroxylation is 1. The van der Waals surface area contributed by atoms with E-state index in [2.05, 4.69) is 109 Å². The standard InChI is InChI=1S/C27H26N2O/c1-26(2)22-9-5-7-11-25(22)29-16-17-30-27(26,29)15-14-19-12-13-24-21(18-19)20-8-4-6-10-23(20)28(24)3/h4-15,18H,16-17H2,1-3H3/b15-14+. The Morgan fingerprint density at radius 1 is 0.900 bits per heavy atom. The van der Waals surface area contributed by atoms with Gasteiger partial charge in [0.15, 0.2) is 5.72 Å². The highest BCUT2D eigenvalue weighted by Gasteiger charge is 2.58. The van der Waals surface area contributed by atoms with Gasteiger partial charge in [0.25, 0.3) is 0 Å². The van der Waals surface area contributed by atoms with Crippen molar-refractivity contribution in [2.45, 2.75) is 25.0 Å². The Morgan fingerprint density at radius 2 is 1.67 bits per heavy atom. The highest BCUT2D eigenvalue weighted by Crippen LogP contribution is 2.55. The van der Waals surface area contributed by atoms with Gasteiger partial charge in [-0.2, -0.15) is 0 Å². The first-order valence-corrected chi connectivity index (χ1v) is 10.7. The molecule has 0 N–H and O–H groups in total. The van der Waals surface area contributed by atoms with E-state index in [1.807, 2.05) is 0 Å². The topological polar surface area (TPSA) is 17.4 Å². The molecule has 150 valence electrons. The average Bonchev–Trinajstić information content (AvgIpc) is 3.38. The predicted molar refractivity (Wildman–Crippen MR) is 125 cm³/mol. The minimum absolute atomic E-state index is 0.125. The smallest absolute Gasteiger partial charge is 0.170 e. The lowest BCUT2D eigenvalue weighted by Gasteiger charge is -2.39. The van der Waals surface area contributed by atoms with Gasteiger partial charge >= 0.3 is 0 Å². The number of fused-ring (bicyclic) bond motifs is 6. The monoisotopic (exact) mass is 394 g/mol. The highest BCUT2D eigenvalue weighted by atomic mass is 16.5. The number of nitrogens with zero attached hydrogens (tertiary/aromatic N) is 2. The van der Waals surface area contributed by atoms with Crippen LogP contribution in [0.4, 0.5) is 5.69 Å². The maximum absolute atomic E-state index is 6.48. The molecule has 2 aliphatic rings. The van der Waals surface area contributed by atoms with Crippen molar-refractivity contribution in [3.8, 4) is 0 Å². The molecule has 0 aliphatic carbocycles. The molecule has 3 aromatic carbocycles. The third kappa shape index (κ3) is 2.13. The third-order valence-electron chi connectivity index (χ3n) is 7.24. The van der Waals surface area contributed by atoms with Crippen LogP contribution < -0.4 is 4.90 Å². The van der Waals surface area contributed by atoms with Crippen molar-refractivity contribution in [3.63, 3.8) is 0 Å². The van der Waals surface area contributed by atoms with Crippen LogP contribution >= 0.6 is 0 Å². The Bertz CT molecular complexity index is 1330. The number of ether oxygens (including phenoxy) is 1. The summed E-state index contributed by atoms with van der Waals surface area (Å²) in [4.78, 5) is 2.44. The molecule has 0 amide bonds. The van der Waals surface area contributed by atoms with E-state index in [9.17, 15) is 0 Å². The fraction of sp³-hybridized carbons (Fsp3) is 0.259. The van der Waals surface area contributed by atoms with Gasteiger partial charge in [-0.05, 0) is 41.5 Å². The number of benzene rings is 3. The van der Waals surface area contributed by atoms with E-state index in [-0.39, 0.29) is 5.41 Å². The van der Waals surface area contributed by atoms with Crippen LogP contribution in [0.1, 0.15) is 25.0 Å². The van der Waals surface area contributed by atoms with Crippen molar-refractivity contribution in [3.05, 3.63) is 83.9 Å². The van der Waals surface area contributed by atoms with Crippen LogP contribution in [-0.4, -0.2) is 23.4 Å². The zero-order chi connectivity index (χ0) is 20.5. The van der Waals surface area contributed by atoms with E-state index < -0.39 is 5.72 Å². The number of anilines is 1. The molecule has 3 heterocycles. The normalized spacial score (nSPS) is 22.3. The molecule has 0 spiro atoms. The van der Waals surface area contributed by atoms with E-state index in [1.54, 1.807) is 0 Å². The highest BCUT2D eigenvalue weighted by molar-refractivity contribution is 6.08. The lowest BCUT2D eigenvalue weighted by Crippen LogP contribution is -2.51. The van der Waals surface area contributed by atoms with E-state index in [0.29, 0.717) is 0 Å². The summed E-state index contributed by atoms with van der Waals surface area (Å²) in [6.07, 6.45) is 4.53. The summed E-state index contributed by atoms with van der Waals surface area (Å²) in [5.41, 5.74) is 5.83. The van der Waals surface area contributed by atoms with Crippen LogP contribution in [0.25, 0.3) is 27.9 Å². The van der Waals surface area contributed by atoms with Crippen LogP contribution in [0.3, 0.4) is 0 Å². The predicted octanol–water partition coefficient (Wildman–Crippen LogP) is 5.87. The molecule has 1 unspecified atom stereocenters. The quantitative estimate of drug-likeness (QED) is 0.423. The van der Waals surface area contributed by atoms with E-state index >= 15 is 0 Å². The Morgan fingerprint density at radius 3 is 2.57 bits per heavy atom. The number of rotatable bonds is 2. The second kappa shape index (κ2) is 5.99. The van der Waals surface area contributed by atoms with Crippen LogP contribution in [0.5, 0.6) is 0 Å². The third-order valence-corrected chi connectivity index (χ3v) is 7.24. The van der Waals surface area contributed by atoms with Crippen LogP contribution in [0.15, 0.2) is 72.8 Å². The summed E-state index contributed by atoms with van der Waals surface area (Å²) in [5, 5.41) is 2.60. The molecule has 0 saturated carbocycles. The summed E-state index contributed by atoms with van der Waals surface area (Å²) in [6.45, 7) is 6.28. The van der Waals surface area contributed by atoms with Gasteiger partial charge in [0, 0.05) is 46.5 Å². The fourth-order valence-corrected chi connectivity index (χ4v) is 5.63. The molecular weight excluding hydrogens is 368 g/mol. The molecular formula is C27H26N2O. The number of para-hydroxylation sites is 2. The summed E-state index contributed by atoms with van der Waals surface area (Å²) >= 11 is 0. The van der Waals surface area contributed by atoms with Crippen LogP contribution in [0.2, 0.25) is 0 Å². The maximum Gasteiger partial charge on any atom is 0.170 e. The van der Waals surface area contributed by atoms with Crippen molar-refractivity contribution in [2.75, 3.05) is 18.1 Å². The van der Waals surface area contributed by atoms with Crippen molar-refractivity contribution in [1.29, 1.82) is 0 Å². The van der Waals surface area contributed by atoms with Gasteiger partial charge in [-0.25, -0.2) is 0 Å². The molecule has 1 saturated heterocycles. The SMILES string of the molecule is Cn1c2ccccc2c2cc(/C=C/C34OCCN3c3ccccc3C4(C)C)ccc21. The number of aromatic nitrogens is 1. The molecule has 1 atom stereocenters. The molecule has 1 fully saturated rings. The van der Waals surface area contributed by atoms with E-state index in [0.717, 1.165) is 13.2 Å². The lowest BCUT2D eigenvalue weighted by molar-refractivity contribution is 0.000337.